The molecule has 3 fully saturated rings. The van der Waals surface area contributed by atoms with Crippen LogP contribution in [0, 0.1) is 5.92 Å². The minimum Gasteiger partial charge on any atom is -0.378 e. The van der Waals surface area contributed by atoms with Gasteiger partial charge in [0, 0.05) is 76.7 Å². The maximum absolute atomic E-state index is 13.2. The van der Waals surface area contributed by atoms with Crippen molar-refractivity contribution in [2.75, 3.05) is 80.7 Å². The van der Waals surface area contributed by atoms with Crippen molar-refractivity contribution in [2.45, 2.75) is 46.1 Å². The molecule has 12 heteroatoms. The third kappa shape index (κ3) is 6.39. The molecule has 3 aromatic rings. The molecule has 3 aliphatic heterocycles. The van der Waals surface area contributed by atoms with Crippen molar-refractivity contribution in [1.29, 1.82) is 0 Å². The Kier molecular flexibility index (Phi) is 8.92. The summed E-state index contributed by atoms with van der Waals surface area (Å²) in [5.41, 5.74) is 3.48. The van der Waals surface area contributed by atoms with Gasteiger partial charge < -0.3 is 34.2 Å². The number of morpholine rings is 1. The summed E-state index contributed by atoms with van der Waals surface area (Å²) in [5, 5.41) is 3.51. The number of carbonyl (C=O) groups excluding carboxylic acids is 2. The van der Waals surface area contributed by atoms with Crippen LogP contribution in [0.25, 0.3) is 11.2 Å². The lowest BCUT2D eigenvalue weighted by molar-refractivity contribution is -0.135. The second-order valence-corrected chi connectivity index (χ2v) is 11.5. The molecule has 2 amide bonds. The van der Waals surface area contributed by atoms with Gasteiger partial charge in [0.05, 0.1) is 25.5 Å². The van der Waals surface area contributed by atoms with E-state index in [1.54, 1.807) is 6.33 Å². The number of rotatable bonds is 10. The number of anilines is 4. The molecule has 1 N–H and O–H groups in total. The molecule has 5 heterocycles. The Morgan fingerprint density at radius 2 is 1.79 bits per heavy atom. The summed E-state index contributed by atoms with van der Waals surface area (Å²) in [4.78, 5) is 48.5. The zero-order valence-corrected chi connectivity index (χ0v) is 25.4. The Morgan fingerprint density at radius 3 is 2.51 bits per heavy atom. The van der Waals surface area contributed by atoms with Crippen molar-refractivity contribution >= 4 is 46.1 Å². The average Bonchev–Trinajstić information content (AvgIpc) is 3.66. The number of benzene rings is 1. The molecule has 12 nitrogen and oxygen atoms in total. The number of ether oxygens (including phenoxy) is 1. The summed E-state index contributed by atoms with van der Waals surface area (Å²) in [5.74, 6) is 1.56. The van der Waals surface area contributed by atoms with Crippen LogP contribution in [0.15, 0.2) is 30.6 Å². The van der Waals surface area contributed by atoms with Crippen molar-refractivity contribution in [2.24, 2.45) is 5.92 Å². The lowest BCUT2D eigenvalue weighted by atomic mass is 9.96. The standard InChI is InChI=1S/C31H43N9O3/c1-3-36(4-2)30(42)23-7-5-14-39(21-23)31-34-28(33-24-9-11-25(12-10-24)37-17-19-43-20-18-37)27-29(35-31)40(22-32-27)16-15-38-13-6-8-26(38)41/h9-12,22-23H,3-8,13-21H2,1-2H3,(H,33,34,35). The third-order valence-electron chi connectivity index (χ3n) is 8.87. The van der Waals surface area contributed by atoms with Gasteiger partial charge in [0.2, 0.25) is 17.8 Å². The number of hydrogen-bond donors (Lipinski definition) is 1. The van der Waals surface area contributed by atoms with E-state index in [1.807, 2.05) is 28.2 Å². The molecule has 43 heavy (non-hydrogen) atoms. The van der Waals surface area contributed by atoms with E-state index in [9.17, 15) is 9.59 Å². The smallest absolute Gasteiger partial charge is 0.229 e. The van der Waals surface area contributed by atoms with Crippen LogP contribution in [-0.2, 0) is 20.9 Å². The van der Waals surface area contributed by atoms with Crippen LogP contribution < -0.4 is 15.1 Å². The van der Waals surface area contributed by atoms with Crippen LogP contribution >= 0.6 is 0 Å². The molecule has 3 aliphatic rings. The van der Waals surface area contributed by atoms with Gasteiger partial charge in [-0.1, -0.05) is 0 Å². The number of piperidine rings is 1. The first-order valence-electron chi connectivity index (χ1n) is 15.8. The molecule has 1 atom stereocenters. The van der Waals surface area contributed by atoms with Gasteiger partial charge in [0.1, 0.15) is 0 Å². The van der Waals surface area contributed by atoms with Crippen LogP contribution in [0.2, 0.25) is 0 Å². The van der Waals surface area contributed by atoms with Gasteiger partial charge in [-0.15, -0.1) is 0 Å². The molecular formula is C31H43N9O3. The van der Waals surface area contributed by atoms with Gasteiger partial charge in [-0.05, 0) is 57.4 Å². The van der Waals surface area contributed by atoms with Crippen molar-refractivity contribution in [3.05, 3.63) is 30.6 Å². The lowest BCUT2D eigenvalue weighted by Gasteiger charge is -2.34. The first kappa shape index (κ1) is 29.2. The number of nitrogens with one attached hydrogen (secondary N) is 1. The van der Waals surface area contributed by atoms with Crippen LogP contribution in [0.4, 0.5) is 23.1 Å². The third-order valence-corrected chi connectivity index (χ3v) is 8.87. The minimum absolute atomic E-state index is 0.0804. The van der Waals surface area contributed by atoms with E-state index < -0.39 is 0 Å². The average molecular weight is 590 g/mol. The number of carbonyl (C=O) groups is 2. The minimum atomic E-state index is -0.0804. The number of fused-ring (bicyclic) bond motifs is 1. The first-order chi connectivity index (χ1) is 21.0. The molecule has 2 aromatic heterocycles. The highest BCUT2D eigenvalue weighted by Gasteiger charge is 2.30. The van der Waals surface area contributed by atoms with Crippen molar-refractivity contribution in [1.82, 2.24) is 29.3 Å². The van der Waals surface area contributed by atoms with Crippen molar-refractivity contribution in [3.8, 4) is 0 Å². The number of likely N-dealkylation sites (tertiary alicyclic amines) is 1. The van der Waals surface area contributed by atoms with Gasteiger partial charge in [0.15, 0.2) is 17.0 Å². The summed E-state index contributed by atoms with van der Waals surface area (Å²) in [6.07, 6.45) is 5.10. The number of hydrogen-bond acceptors (Lipinski definition) is 9. The first-order valence-corrected chi connectivity index (χ1v) is 15.8. The molecule has 0 spiro atoms. The summed E-state index contributed by atoms with van der Waals surface area (Å²) in [7, 11) is 0. The molecule has 6 rings (SSSR count). The number of imidazole rings is 1. The number of aromatic nitrogens is 4. The maximum Gasteiger partial charge on any atom is 0.229 e. The van der Waals surface area contributed by atoms with E-state index in [4.69, 9.17) is 19.7 Å². The monoisotopic (exact) mass is 589 g/mol. The predicted molar refractivity (Wildman–Crippen MR) is 167 cm³/mol. The van der Waals surface area contributed by atoms with E-state index in [1.165, 1.54) is 5.69 Å². The molecule has 0 saturated carbocycles. The highest BCUT2D eigenvalue weighted by Crippen LogP contribution is 2.29. The SMILES string of the molecule is CCN(CC)C(=O)C1CCCN(c2nc(Nc3ccc(N4CCOCC4)cc3)c3ncn(CCN4CCCC4=O)c3n2)C1. The molecule has 1 unspecified atom stereocenters. The Hall–Kier alpha value is -3.93. The van der Waals surface area contributed by atoms with Crippen LogP contribution in [0.1, 0.15) is 39.5 Å². The van der Waals surface area contributed by atoms with E-state index in [0.717, 1.165) is 70.0 Å². The molecule has 0 radical (unpaired) electrons. The highest BCUT2D eigenvalue weighted by atomic mass is 16.5. The number of amides is 2. The van der Waals surface area contributed by atoms with E-state index in [2.05, 4.69) is 39.4 Å². The fourth-order valence-corrected chi connectivity index (χ4v) is 6.36. The fraction of sp³-hybridized carbons (Fsp3) is 0.581. The summed E-state index contributed by atoms with van der Waals surface area (Å²) in [6, 6.07) is 8.36. The Morgan fingerprint density at radius 1 is 1.00 bits per heavy atom. The Labute approximate surface area is 253 Å². The highest BCUT2D eigenvalue weighted by molar-refractivity contribution is 5.87. The van der Waals surface area contributed by atoms with Gasteiger partial charge in [-0.25, -0.2) is 4.98 Å². The zero-order valence-electron chi connectivity index (χ0n) is 25.4. The van der Waals surface area contributed by atoms with Gasteiger partial charge in [0.25, 0.3) is 0 Å². The van der Waals surface area contributed by atoms with Crippen LogP contribution in [-0.4, -0.2) is 107 Å². The molecule has 1 aromatic carbocycles. The van der Waals surface area contributed by atoms with Crippen LogP contribution in [0.5, 0.6) is 0 Å². The van der Waals surface area contributed by atoms with E-state index in [-0.39, 0.29) is 17.7 Å². The lowest BCUT2D eigenvalue weighted by Crippen LogP contribution is -2.45. The van der Waals surface area contributed by atoms with Gasteiger partial charge in [-0.2, -0.15) is 9.97 Å². The predicted octanol–water partition coefficient (Wildman–Crippen LogP) is 3.11. The Balaban J connectivity index is 1.28. The van der Waals surface area contributed by atoms with E-state index >= 15 is 0 Å². The molecule has 3 saturated heterocycles. The second-order valence-electron chi connectivity index (χ2n) is 11.5. The zero-order chi connectivity index (χ0) is 29.8. The summed E-state index contributed by atoms with van der Waals surface area (Å²) >= 11 is 0. The summed E-state index contributed by atoms with van der Waals surface area (Å²) in [6.45, 7) is 12.2. The molecule has 0 aliphatic carbocycles. The quantitative estimate of drug-likeness (QED) is 0.381. The summed E-state index contributed by atoms with van der Waals surface area (Å²) < 4.78 is 7.52. The largest absolute Gasteiger partial charge is 0.378 e. The normalized spacial score (nSPS) is 19.3. The van der Waals surface area contributed by atoms with E-state index in [0.29, 0.717) is 56.4 Å². The van der Waals surface area contributed by atoms with Gasteiger partial charge in [-0.3, -0.25) is 9.59 Å². The molecular weight excluding hydrogens is 546 g/mol. The maximum atomic E-state index is 13.2. The van der Waals surface area contributed by atoms with Crippen LogP contribution in [0.3, 0.4) is 0 Å². The van der Waals surface area contributed by atoms with Crippen molar-refractivity contribution < 1.29 is 14.3 Å². The van der Waals surface area contributed by atoms with Gasteiger partial charge >= 0.3 is 0 Å². The Bertz CT molecular complexity index is 1420. The fourth-order valence-electron chi connectivity index (χ4n) is 6.36. The second kappa shape index (κ2) is 13.2. The topological polar surface area (TPSA) is 112 Å². The van der Waals surface area contributed by atoms with Crippen molar-refractivity contribution in [3.63, 3.8) is 0 Å². The number of nitrogens with zero attached hydrogens (tertiary/aromatic N) is 8. The molecule has 0 bridgehead atoms. The molecule has 230 valence electrons.